The molecule has 5 nitrogen and oxygen atoms in total. The molecule has 0 radical (unpaired) electrons. The number of amides is 1. The van der Waals surface area contributed by atoms with Crippen LogP contribution >= 0.6 is 0 Å². The summed E-state index contributed by atoms with van der Waals surface area (Å²) in [6.07, 6.45) is 0.709. The molecule has 5 heteroatoms. The SMILES string of the molecule is CCC(C(=O)NCCN1CCNCC1)C(C)C(C)=O. The molecule has 110 valence electrons. The largest absolute Gasteiger partial charge is 0.355 e. The lowest BCUT2D eigenvalue weighted by atomic mass is 9.88. The Bertz CT molecular complexity index is 301. The number of carbonyl (C=O) groups excluding carboxylic acids is 2. The summed E-state index contributed by atoms with van der Waals surface area (Å²) in [7, 11) is 0. The van der Waals surface area contributed by atoms with Crippen molar-refractivity contribution in [1.82, 2.24) is 15.5 Å². The van der Waals surface area contributed by atoms with E-state index in [2.05, 4.69) is 15.5 Å². The van der Waals surface area contributed by atoms with Gasteiger partial charge in [0, 0.05) is 51.1 Å². The van der Waals surface area contributed by atoms with Crippen molar-refractivity contribution in [2.24, 2.45) is 11.8 Å². The van der Waals surface area contributed by atoms with Crippen LogP contribution in [0.5, 0.6) is 0 Å². The van der Waals surface area contributed by atoms with Gasteiger partial charge in [-0.1, -0.05) is 13.8 Å². The second-order valence-electron chi connectivity index (χ2n) is 5.30. The van der Waals surface area contributed by atoms with Gasteiger partial charge in [0.25, 0.3) is 0 Å². The molecule has 1 rings (SSSR count). The summed E-state index contributed by atoms with van der Waals surface area (Å²) in [5.41, 5.74) is 0. The monoisotopic (exact) mass is 269 g/mol. The predicted molar refractivity (Wildman–Crippen MR) is 75.9 cm³/mol. The summed E-state index contributed by atoms with van der Waals surface area (Å²) in [6.45, 7) is 11.0. The highest BCUT2D eigenvalue weighted by molar-refractivity contribution is 5.87. The zero-order chi connectivity index (χ0) is 14.3. The first-order valence-corrected chi connectivity index (χ1v) is 7.27. The zero-order valence-electron chi connectivity index (χ0n) is 12.4. The van der Waals surface area contributed by atoms with Crippen LogP contribution in [0.15, 0.2) is 0 Å². The van der Waals surface area contributed by atoms with E-state index in [1.54, 1.807) is 6.92 Å². The van der Waals surface area contributed by atoms with E-state index in [-0.39, 0.29) is 23.5 Å². The van der Waals surface area contributed by atoms with Gasteiger partial charge in [0.15, 0.2) is 0 Å². The minimum atomic E-state index is -0.194. The minimum absolute atomic E-state index is 0.0142. The van der Waals surface area contributed by atoms with Gasteiger partial charge in [0.2, 0.25) is 5.91 Å². The fourth-order valence-corrected chi connectivity index (χ4v) is 2.45. The molecule has 0 spiro atoms. The van der Waals surface area contributed by atoms with Gasteiger partial charge >= 0.3 is 0 Å². The van der Waals surface area contributed by atoms with Crippen molar-refractivity contribution < 1.29 is 9.59 Å². The van der Waals surface area contributed by atoms with Gasteiger partial charge < -0.3 is 10.6 Å². The highest BCUT2D eigenvalue weighted by Gasteiger charge is 2.26. The Hall–Kier alpha value is -0.940. The fourth-order valence-electron chi connectivity index (χ4n) is 2.45. The third kappa shape index (κ3) is 5.28. The van der Waals surface area contributed by atoms with Crippen LogP contribution in [0.1, 0.15) is 27.2 Å². The first-order chi connectivity index (χ1) is 9.06. The van der Waals surface area contributed by atoms with Crippen LogP contribution in [-0.4, -0.2) is 55.9 Å². The predicted octanol–water partition coefficient (Wildman–Crippen LogP) is 0.259. The van der Waals surface area contributed by atoms with Crippen molar-refractivity contribution in [1.29, 1.82) is 0 Å². The number of Topliss-reactive ketones (excluding diaryl/α,β-unsaturated/α-hetero) is 1. The summed E-state index contributed by atoms with van der Waals surface area (Å²) >= 11 is 0. The molecule has 1 saturated heterocycles. The number of nitrogens with zero attached hydrogens (tertiary/aromatic N) is 1. The van der Waals surface area contributed by atoms with Crippen LogP contribution in [0.25, 0.3) is 0 Å². The van der Waals surface area contributed by atoms with Crippen LogP contribution < -0.4 is 10.6 Å². The Balaban J connectivity index is 2.30. The maximum Gasteiger partial charge on any atom is 0.223 e. The summed E-state index contributed by atoms with van der Waals surface area (Å²) in [4.78, 5) is 25.8. The topological polar surface area (TPSA) is 61.4 Å². The van der Waals surface area contributed by atoms with Gasteiger partial charge in [-0.15, -0.1) is 0 Å². The van der Waals surface area contributed by atoms with E-state index >= 15 is 0 Å². The van der Waals surface area contributed by atoms with E-state index < -0.39 is 0 Å². The highest BCUT2D eigenvalue weighted by Crippen LogP contribution is 2.16. The van der Waals surface area contributed by atoms with E-state index in [1.807, 2.05) is 13.8 Å². The van der Waals surface area contributed by atoms with Crippen LogP contribution in [0.4, 0.5) is 0 Å². The number of nitrogens with one attached hydrogen (secondary N) is 2. The van der Waals surface area contributed by atoms with E-state index in [0.29, 0.717) is 13.0 Å². The lowest BCUT2D eigenvalue weighted by Crippen LogP contribution is -2.47. The number of rotatable bonds is 7. The molecule has 0 aromatic rings. The van der Waals surface area contributed by atoms with Crippen molar-refractivity contribution >= 4 is 11.7 Å². The molecule has 1 fully saturated rings. The van der Waals surface area contributed by atoms with E-state index in [1.165, 1.54) is 0 Å². The summed E-state index contributed by atoms with van der Waals surface area (Å²) < 4.78 is 0. The van der Waals surface area contributed by atoms with Crippen LogP contribution in [-0.2, 0) is 9.59 Å². The Labute approximate surface area is 116 Å². The van der Waals surface area contributed by atoms with Crippen LogP contribution in [0.2, 0.25) is 0 Å². The zero-order valence-corrected chi connectivity index (χ0v) is 12.4. The molecule has 2 atom stereocenters. The normalized spacial score (nSPS) is 19.7. The molecule has 1 heterocycles. The van der Waals surface area contributed by atoms with Gasteiger partial charge in [-0.05, 0) is 13.3 Å². The standard InChI is InChI=1S/C14H27N3O2/c1-4-13(11(2)12(3)18)14(19)16-7-10-17-8-5-15-6-9-17/h11,13,15H,4-10H2,1-3H3,(H,16,19). The quantitative estimate of drug-likeness (QED) is 0.696. The van der Waals surface area contributed by atoms with Crippen molar-refractivity contribution in [3.05, 3.63) is 0 Å². The highest BCUT2D eigenvalue weighted by atomic mass is 16.2. The van der Waals surface area contributed by atoms with Gasteiger partial charge in [-0.2, -0.15) is 0 Å². The van der Waals surface area contributed by atoms with E-state index in [9.17, 15) is 9.59 Å². The van der Waals surface area contributed by atoms with Crippen molar-refractivity contribution in [2.45, 2.75) is 27.2 Å². The number of piperazine rings is 1. The third-order valence-corrected chi connectivity index (χ3v) is 3.96. The molecule has 2 N–H and O–H groups in total. The molecule has 0 aliphatic carbocycles. The Morgan fingerprint density at radius 1 is 1.32 bits per heavy atom. The van der Waals surface area contributed by atoms with Crippen LogP contribution in [0.3, 0.4) is 0 Å². The molecule has 1 aliphatic rings. The number of hydrogen-bond donors (Lipinski definition) is 2. The second kappa shape index (κ2) is 8.27. The van der Waals surface area contributed by atoms with Crippen LogP contribution in [0, 0.1) is 11.8 Å². The maximum atomic E-state index is 12.1. The van der Waals surface area contributed by atoms with Crippen molar-refractivity contribution in [2.75, 3.05) is 39.3 Å². The lowest BCUT2D eigenvalue weighted by Gasteiger charge is -2.27. The second-order valence-corrected chi connectivity index (χ2v) is 5.30. The van der Waals surface area contributed by atoms with Crippen molar-refractivity contribution in [3.63, 3.8) is 0 Å². The molecule has 19 heavy (non-hydrogen) atoms. The summed E-state index contributed by atoms with van der Waals surface area (Å²) in [5, 5.41) is 6.27. The smallest absolute Gasteiger partial charge is 0.223 e. The first kappa shape index (κ1) is 16.1. The van der Waals surface area contributed by atoms with E-state index in [0.717, 1.165) is 32.7 Å². The maximum absolute atomic E-state index is 12.1. The Morgan fingerprint density at radius 2 is 1.95 bits per heavy atom. The lowest BCUT2D eigenvalue weighted by molar-refractivity contribution is -0.132. The number of carbonyl (C=O) groups is 2. The summed E-state index contributed by atoms with van der Waals surface area (Å²) in [5.74, 6) is -0.283. The average molecular weight is 269 g/mol. The van der Waals surface area contributed by atoms with Crippen molar-refractivity contribution in [3.8, 4) is 0 Å². The molecule has 1 amide bonds. The number of hydrogen-bond acceptors (Lipinski definition) is 4. The number of ketones is 1. The minimum Gasteiger partial charge on any atom is -0.355 e. The Morgan fingerprint density at radius 3 is 2.47 bits per heavy atom. The van der Waals surface area contributed by atoms with Gasteiger partial charge in [-0.3, -0.25) is 14.5 Å². The third-order valence-electron chi connectivity index (χ3n) is 3.96. The van der Waals surface area contributed by atoms with Gasteiger partial charge in [0.1, 0.15) is 5.78 Å². The molecule has 1 aliphatic heterocycles. The fraction of sp³-hybridized carbons (Fsp3) is 0.857. The Kier molecular flexibility index (Phi) is 7.02. The molecule has 0 aromatic carbocycles. The van der Waals surface area contributed by atoms with Gasteiger partial charge in [-0.25, -0.2) is 0 Å². The molecular weight excluding hydrogens is 242 g/mol. The first-order valence-electron chi connectivity index (χ1n) is 7.27. The molecule has 0 aromatic heterocycles. The molecular formula is C14H27N3O2. The van der Waals surface area contributed by atoms with E-state index in [4.69, 9.17) is 0 Å². The molecule has 0 saturated carbocycles. The average Bonchev–Trinajstić information content (AvgIpc) is 2.40. The molecule has 2 unspecified atom stereocenters. The molecule has 0 bridgehead atoms. The van der Waals surface area contributed by atoms with Gasteiger partial charge in [0.05, 0.1) is 0 Å². The summed E-state index contributed by atoms with van der Waals surface area (Å²) in [6, 6.07) is 0.